The van der Waals surface area contributed by atoms with Crippen LogP contribution in [0.3, 0.4) is 0 Å². The van der Waals surface area contributed by atoms with Crippen molar-refractivity contribution in [2.45, 2.75) is 19.8 Å². The lowest BCUT2D eigenvalue weighted by Crippen LogP contribution is -2.17. The Morgan fingerprint density at radius 2 is 1.96 bits per heavy atom. The summed E-state index contributed by atoms with van der Waals surface area (Å²) in [5.74, 6) is 0.394. The first-order valence-electron chi connectivity index (χ1n) is 7.54. The Morgan fingerprint density at radius 1 is 1.17 bits per heavy atom. The largest absolute Gasteiger partial charge is 0.383 e. The lowest BCUT2D eigenvalue weighted by Gasteiger charge is -2.09. The minimum atomic E-state index is -3.32. The van der Waals surface area contributed by atoms with Gasteiger partial charge in [0.1, 0.15) is 5.82 Å². The third-order valence-electron chi connectivity index (χ3n) is 3.23. The van der Waals surface area contributed by atoms with Crippen LogP contribution in [-0.4, -0.2) is 25.7 Å². The summed E-state index contributed by atoms with van der Waals surface area (Å²) < 4.78 is 25.8. The van der Waals surface area contributed by atoms with E-state index in [-0.39, 0.29) is 5.75 Å². The van der Waals surface area contributed by atoms with Crippen LogP contribution >= 0.6 is 23.2 Å². The first kappa shape index (κ1) is 18.8. The Balaban J connectivity index is 1.88. The van der Waals surface area contributed by atoms with Gasteiger partial charge in [0.15, 0.2) is 0 Å². The number of nitrogens with one attached hydrogen (secondary N) is 2. The van der Waals surface area contributed by atoms with E-state index in [2.05, 4.69) is 15.0 Å². The quantitative estimate of drug-likeness (QED) is 0.711. The van der Waals surface area contributed by atoms with Gasteiger partial charge in [-0.3, -0.25) is 4.72 Å². The maximum Gasteiger partial charge on any atom is 0.233 e. The molecule has 2 rings (SSSR count). The number of hydrogen-bond donors (Lipinski definition) is 2. The van der Waals surface area contributed by atoms with Crippen LogP contribution in [0.2, 0.25) is 10.0 Å². The average molecular weight is 388 g/mol. The number of benzene rings is 1. The van der Waals surface area contributed by atoms with Gasteiger partial charge in [-0.1, -0.05) is 36.2 Å². The van der Waals surface area contributed by atoms with Gasteiger partial charge in [-0.05, 0) is 42.7 Å². The number of hydrogen-bond acceptors (Lipinski definition) is 4. The van der Waals surface area contributed by atoms with E-state index in [1.807, 2.05) is 19.1 Å². The molecule has 2 aromatic rings. The zero-order chi connectivity index (χ0) is 17.6. The summed E-state index contributed by atoms with van der Waals surface area (Å²) >= 11 is 12.0. The fourth-order valence-corrected chi connectivity index (χ4v) is 3.69. The minimum Gasteiger partial charge on any atom is -0.383 e. The van der Waals surface area contributed by atoms with Crippen LogP contribution in [-0.2, 0) is 16.4 Å². The number of nitrogens with zero attached hydrogens (tertiary/aromatic N) is 1. The third-order valence-corrected chi connectivity index (χ3v) is 5.29. The molecular formula is C16H19Cl2N3O2S. The number of rotatable bonds is 8. The van der Waals surface area contributed by atoms with Crippen molar-refractivity contribution in [2.24, 2.45) is 0 Å². The van der Waals surface area contributed by atoms with E-state index in [0.717, 1.165) is 17.7 Å². The zero-order valence-electron chi connectivity index (χ0n) is 13.2. The van der Waals surface area contributed by atoms with Gasteiger partial charge >= 0.3 is 0 Å². The SMILES string of the molecule is CCCS(=O)(=O)Nc1ccc(NCCc2ccc(Cl)cc2Cl)cn1. The molecular weight excluding hydrogens is 369 g/mol. The zero-order valence-corrected chi connectivity index (χ0v) is 15.5. The third kappa shape index (κ3) is 5.85. The topological polar surface area (TPSA) is 71.1 Å². The molecule has 8 heteroatoms. The molecule has 0 saturated heterocycles. The lowest BCUT2D eigenvalue weighted by atomic mass is 10.1. The van der Waals surface area contributed by atoms with Crippen LogP contribution in [0.5, 0.6) is 0 Å². The molecule has 1 heterocycles. The second kappa shape index (κ2) is 8.55. The van der Waals surface area contributed by atoms with Crippen molar-refractivity contribution in [3.8, 4) is 0 Å². The molecule has 0 spiro atoms. The van der Waals surface area contributed by atoms with Gasteiger partial charge in [0.05, 0.1) is 17.6 Å². The molecule has 0 fully saturated rings. The predicted octanol–water partition coefficient (Wildman–Crippen LogP) is 4.19. The van der Waals surface area contributed by atoms with Crippen molar-refractivity contribution < 1.29 is 8.42 Å². The van der Waals surface area contributed by atoms with Crippen molar-refractivity contribution in [1.82, 2.24) is 4.98 Å². The second-order valence-corrected chi connectivity index (χ2v) is 7.95. The Hall–Kier alpha value is -1.50. The first-order valence-corrected chi connectivity index (χ1v) is 9.95. The maximum absolute atomic E-state index is 11.7. The summed E-state index contributed by atoms with van der Waals surface area (Å²) in [7, 11) is -3.32. The Morgan fingerprint density at radius 3 is 2.58 bits per heavy atom. The molecule has 0 aliphatic heterocycles. The molecule has 0 radical (unpaired) electrons. The Kier molecular flexibility index (Phi) is 6.71. The van der Waals surface area contributed by atoms with Crippen molar-refractivity contribution in [3.63, 3.8) is 0 Å². The summed E-state index contributed by atoms with van der Waals surface area (Å²) in [4.78, 5) is 4.10. The van der Waals surface area contributed by atoms with Crippen LogP contribution in [0, 0.1) is 0 Å². The summed E-state index contributed by atoms with van der Waals surface area (Å²) in [6.45, 7) is 2.48. The molecule has 0 aliphatic carbocycles. The molecule has 1 aromatic heterocycles. The molecule has 0 atom stereocenters. The smallest absolute Gasteiger partial charge is 0.233 e. The molecule has 0 saturated carbocycles. The minimum absolute atomic E-state index is 0.0799. The van der Waals surface area contributed by atoms with Gasteiger partial charge in [0, 0.05) is 16.6 Å². The highest BCUT2D eigenvalue weighted by atomic mass is 35.5. The molecule has 0 bridgehead atoms. The molecule has 0 unspecified atom stereocenters. The van der Waals surface area contributed by atoms with E-state index in [4.69, 9.17) is 23.2 Å². The molecule has 0 amide bonds. The van der Waals surface area contributed by atoms with Gasteiger partial charge in [0.25, 0.3) is 0 Å². The molecule has 5 nitrogen and oxygen atoms in total. The van der Waals surface area contributed by atoms with Gasteiger partial charge in [0.2, 0.25) is 10.0 Å². The van der Waals surface area contributed by atoms with Gasteiger partial charge < -0.3 is 5.32 Å². The summed E-state index contributed by atoms with van der Waals surface area (Å²) in [5, 5.41) is 4.47. The van der Waals surface area contributed by atoms with Gasteiger partial charge in [-0.25, -0.2) is 13.4 Å². The lowest BCUT2D eigenvalue weighted by molar-refractivity contribution is 0.599. The molecule has 130 valence electrons. The molecule has 24 heavy (non-hydrogen) atoms. The molecule has 1 aromatic carbocycles. The fourth-order valence-electron chi connectivity index (χ4n) is 2.10. The summed E-state index contributed by atoms with van der Waals surface area (Å²) in [5.41, 5.74) is 1.81. The van der Waals surface area contributed by atoms with E-state index in [1.165, 1.54) is 0 Å². The molecule has 2 N–H and O–H groups in total. The Bertz CT molecular complexity index is 780. The van der Waals surface area contributed by atoms with Crippen molar-refractivity contribution >= 4 is 44.7 Å². The standard InChI is InChI=1S/C16H19Cl2N3O2S/c1-2-9-24(22,23)21-16-6-5-14(11-20-16)19-8-7-12-3-4-13(17)10-15(12)18/h3-6,10-11,19H,2,7-9H2,1H3,(H,20,21). The number of sulfonamides is 1. The van der Waals surface area contributed by atoms with Crippen molar-refractivity contribution in [1.29, 1.82) is 0 Å². The predicted molar refractivity (Wildman–Crippen MR) is 101 cm³/mol. The highest BCUT2D eigenvalue weighted by molar-refractivity contribution is 7.92. The first-order chi connectivity index (χ1) is 11.4. The van der Waals surface area contributed by atoms with E-state index < -0.39 is 10.0 Å². The van der Waals surface area contributed by atoms with Crippen LogP contribution in [0.15, 0.2) is 36.5 Å². The number of anilines is 2. The summed E-state index contributed by atoms with van der Waals surface area (Å²) in [6.07, 6.45) is 2.89. The highest BCUT2D eigenvalue weighted by Crippen LogP contribution is 2.21. The number of halogens is 2. The van der Waals surface area contributed by atoms with Crippen LogP contribution in [0.4, 0.5) is 11.5 Å². The van der Waals surface area contributed by atoms with Crippen LogP contribution < -0.4 is 10.0 Å². The molecule has 0 aliphatic rings. The normalized spacial score (nSPS) is 11.3. The Labute approximate surface area is 152 Å². The van der Waals surface area contributed by atoms with E-state index in [1.54, 1.807) is 24.4 Å². The highest BCUT2D eigenvalue weighted by Gasteiger charge is 2.09. The maximum atomic E-state index is 11.7. The van der Waals surface area contributed by atoms with E-state index in [9.17, 15) is 8.42 Å². The van der Waals surface area contributed by atoms with Crippen LogP contribution in [0.1, 0.15) is 18.9 Å². The van der Waals surface area contributed by atoms with Gasteiger partial charge in [-0.15, -0.1) is 0 Å². The van der Waals surface area contributed by atoms with Gasteiger partial charge in [-0.2, -0.15) is 0 Å². The summed E-state index contributed by atoms with van der Waals surface area (Å²) in [6, 6.07) is 8.83. The second-order valence-electron chi connectivity index (χ2n) is 5.27. The van der Waals surface area contributed by atoms with E-state index in [0.29, 0.717) is 28.8 Å². The monoisotopic (exact) mass is 387 g/mol. The fraction of sp³-hybridized carbons (Fsp3) is 0.312. The average Bonchev–Trinajstić information content (AvgIpc) is 2.51. The van der Waals surface area contributed by atoms with E-state index >= 15 is 0 Å². The van der Waals surface area contributed by atoms with Crippen molar-refractivity contribution in [3.05, 3.63) is 52.1 Å². The number of pyridine rings is 1. The number of aromatic nitrogens is 1. The van der Waals surface area contributed by atoms with Crippen LogP contribution in [0.25, 0.3) is 0 Å². The van der Waals surface area contributed by atoms with Crippen molar-refractivity contribution in [2.75, 3.05) is 22.3 Å².